The molecular formula is C15H17BrClNO6. The van der Waals surface area contributed by atoms with Crippen molar-refractivity contribution in [3.63, 3.8) is 0 Å². The van der Waals surface area contributed by atoms with Crippen LogP contribution in [-0.4, -0.2) is 55.6 Å². The highest BCUT2D eigenvalue weighted by Gasteiger charge is 2.55. The topological polar surface area (TPSA) is 93.3 Å². The molecule has 0 aliphatic carbocycles. The van der Waals surface area contributed by atoms with E-state index in [-0.39, 0.29) is 0 Å². The fourth-order valence-electron chi connectivity index (χ4n) is 2.82. The van der Waals surface area contributed by atoms with Crippen molar-refractivity contribution in [2.75, 3.05) is 6.61 Å². The number of hydrogen-bond donors (Lipinski definition) is 3. The van der Waals surface area contributed by atoms with Gasteiger partial charge in [-0.15, -0.1) is 0 Å². The quantitative estimate of drug-likeness (QED) is 0.642. The molecular weight excluding hydrogens is 406 g/mol. The summed E-state index contributed by atoms with van der Waals surface area (Å²) in [5.41, 5.74) is 0.935. The number of hydrogen-bond acceptors (Lipinski definition) is 6. The molecule has 0 unspecified atom stereocenters. The number of aromatic nitrogens is 1. The molecule has 132 valence electrons. The van der Waals surface area contributed by atoms with Gasteiger partial charge in [-0.05, 0) is 22.0 Å². The highest BCUT2D eigenvalue weighted by Crippen LogP contribution is 2.39. The summed E-state index contributed by atoms with van der Waals surface area (Å²) in [4.78, 5) is 0. The van der Waals surface area contributed by atoms with Gasteiger partial charge >= 0.3 is 0 Å². The van der Waals surface area contributed by atoms with Crippen LogP contribution >= 0.6 is 27.8 Å². The monoisotopic (exact) mass is 421 g/mol. The Labute approximate surface area is 151 Å². The summed E-state index contributed by atoms with van der Waals surface area (Å²) >= 11 is 8.69. The SMILES string of the molecule is Cn1c(O[C@@H]2[C@@H](O)[C@H](O)O[C@](Br)(CO)[C@H]2OCl)cc2ccccc21. The summed E-state index contributed by atoms with van der Waals surface area (Å²) in [7, 11) is 1.81. The molecule has 0 bridgehead atoms. The van der Waals surface area contributed by atoms with Gasteiger partial charge in [0.1, 0.15) is 6.10 Å². The van der Waals surface area contributed by atoms with E-state index in [4.69, 9.17) is 25.6 Å². The maximum atomic E-state index is 10.2. The van der Waals surface area contributed by atoms with E-state index >= 15 is 0 Å². The van der Waals surface area contributed by atoms with Gasteiger partial charge in [0.2, 0.25) is 0 Å². The second kappa shape index (κ2) is 6.80. The number of fused-ring (bicyclic) bond motifs is 1. The normalized spacial score (nSPS) is 33.8. The third kappa shape index (κ3) is 2.92. The molecule has 3 rings (SSSR count). The van der Waals surface area contributed by atoms with Gasteiger partial charge in [0, 0.05) is 18.5 Å². The van der Waals surface area contributed by atoms with Crippen LogP contribution in [-0.2, 0) is 16.1 Å². The number of aliphatic hydroxyl groups is 3. The summed E-state index contributed by atoms with van der Waals surface area (Å²) < 4.78 is 16.2. The molecule has 2 heterocycles. The number of ether oxygens (including phenoxy) is 2. The lowest BCUT2D eigenvalue weighted by atomic mass is 9.99. The number of aliphatic hydroxyl groups excluding tert-OH is 3. The van der Waals surface area contributed by atoms with Crippen LogP contribution in [0.1, 0.15) is 0 Å². The average Bonchev–Trinajstić information content (AvgIpc) is 2.89. The number of rotatable bonds is 4. The van der Waals surface area contributed by atoms with Crippen LogP contribution in [0.25, 0.3) is 10.9 Å². The molecule has 1 saturated heterocycles. The largest absolute Gasteiger partial charge is 0.470 e. The molecule has 0 radical (unpaired) electrons. The van der Waals surface area contributed by atoms with Crippen LogP contribution in [0.2, 0.25) is 0 Å². The lowest BCUT2D eigenvalue weighted by molar-refractivity contribution is -0.287. The molecule has 3 N–H and O–H groups in total. The van der Waals surface area contributed by atoms with Crippen LogP contribution in [0, 0.1) is 0 Å². The number of para-hydroxylation sites is 1. The lowest BCUT2D eigenvalue weighted by Gasteiger charge is -2.45. The average molecular weight is 423 g/mol. The van der Waals surface area contributed by atoms with E-state index in [2.05, 4.69) is 15.9 Å². The van der Waals surface area contributed by atoms with Crippen LogP contribution < -0.4 is 4.74 Å². The Morgan fingerprint density at radius 2 is 2.08 bits per heavy atom. The molecule has 24 heavy (non-hydrogen) atoms. The first-order valence-electron chi connectivity index (χ1n) is 7.23. The number of nitrogens with zero attached hydrogens (tertiary/aromatic N) is 1. The van der Waals surface area contributed by atoms with Crippen molar-refractivity contribution in [1.82, 2.24) is 4.57 Å². The van der Waals surface area contributed by atoms with E-state index < -0.39 is 35.7 Å². The summed E-state index contributed by atoms with van der Waals surface area (Å²) in [6.07, 6.45) is -5.18. The predicted molar refractivity (Wildman–Crippen MR) is 89.9 cm³/mol. The third-order valence-corrected chi connectivity index (χ3v) is 5.23. The maximum absolute atomic E-state index is 10.2. The van der Waals surface area contributed by atoms with Crippen LogP contribution in [0.4, 0.5) is 0 Å². The lowest BCUT2D eigenvalue weighted by Crippen LogP contribution is -2.65. The summed E-state index contributed by atoms with van der Waals surface area (Å²) in [6, 6.07) is 9.45. The van der Waals surface area contributed by atoms with Crippen molar-refractivity contribution >= 4 is 38.7 Å². The fourth-order valence-corrected chi connectivity index (χ4v) is 3.71. The number of aryl methyl sites for hydroxylation is 1. The molecule has 5 atom stereocenters. The van der Waals surface area contributed by atoms with Crippen molar-refractivity contribution in [2.24, 2.45) is 7.05 Å². The van der Waals surface area contributed by atoms with Gasteiger partial charge < -0.3 is 29.4 Å². The molecule has 7 nitrogen and oxygen atoms in total. The highest BCUT2D eigenvalue weighted by atomic mass is 79.9. The zero-order valence-corrected chi connectivity index (χ0v) is 15.0. The Morgan fingerprint density at radius 3 is 2.71 bits per heavy atom. The summed E-state index contributed by atoms with van der Waals surface area (Å²) in [5, 5.41) is 30.7. The minimum atomic E-state index is -1.58. The standard InChI is InChI=1S/C15H17BrClNO6/c1-18-9-5-3-2-4-8(9)6-10(18)22-12-11(20)14(21)23-15(16,7-19)13(12)24-17/h2-6,11-14,19-21H,7H2,1H3/t11-,12-,13+,14-,15-/m1/s1. The molecule has 2 aromatic rings. The zero-order chi connectivity index (χ0) is 17.5. The van der Waals surface area contributed by atoms with E-state index in [1.54, 1.807) is 10.6 Å². The predicted octanol–water partition coefficient (Wildman–Crippen LogP) is 1.26. The third-order valence-electron chi connectivity index (χ3n) is 4.14. The van der Waals surface area contributed by atoms with Crippen molar-refractivity contribution in [1.29, 1.82) is 0 Å². The van der Waals surface area contributed by atoms with Crippen molar-refractivity contribution in [2.45, 2.75) is 29.1 Å². The Bertz CT molecular complexity index is 727. The number of alkyl halides is 1. The van der Waals surface area contributed by atoms with E-state index in [1.807, 2.05) is 31.3 Å². The van der Waals surface area contributed by atoms with Crippen LogP contribution in [0.3, 0.4) is 0 Å². The van der Waals surface area contributed by atoms with Gasteiger partial charge in [-0.2, -0.15) is 0 Å². The van der Waals surface area contributed by atoms with Gasteiger partial charge in [0.15, 0.2) is 28.9 Å². The van der Waals surface area contributed by atoms with Gasteiger partial charge in [-0.3, -0.25) is 4.29 Å². The minimum absolute atomic E-state index is 0.445. The second-order valence-electron chi connectivity index (χ2n) is 5.64. The highest BCUT2D eigenvalue weighted by molar-refractivity contribution is 9.10. The number of halogens is 2. The first-order valence-corrected chi connectivity index (χ1v) is 8.33. The van der Waals surface area contributed by atoms with Crippen molar-refractivity contribution < 1.29 is 29.1 Å². The molecule has 1 aliphatic rings. The van der Waals surface area contributed by atoms with Crippen molar-refractivity contribution in [3.05, 3.63) is 30.3 Å². The van der Waals surface area contributed by atoms with Gasteiger partial charge in [0.25, 0.3) is 0 Å². The molecule has 0 spiro atoms. The van der Waals surface area contributed by atoms with E-state index in [1.165, 1.54) is 0 Å². The molecule has 1 aliphatic heterocycles. The first-order chi connectivity index (χ1) is 11.4. The van der Waals surface area contributed by atoms with Crippen LogP contribution in [0.5, 0.6) is 5.88 Å². The fraction of sp³-hybridized carbons (Fsp3) is 0.467. The minimum Gasteiger partial charge on any atom is -0.470 e. The molecule has 0 amide bonds. The molecule has 9 heteroatoms. The molecule has 1 aromatic heterocycles. The Balaban J connectivity index is 1.96. The van der Waals surface area contributed by atoms with E-state index in [0.717, 1.165) is 10.9 Å². The smallest absolute Gasteiger partial charge is 0.194 e. The molecule has 0 saturated carbocycles. The van der Waals surface area contributed by atoms with Crippen LogP contribution in [0.15, 0.2) is 30.3 Å². The maximum Gasteiger partial charge on any atom is 0.194 e. The Morgan fingerprint density at radius 1 is 1.38 bits per heavy atom. The summed E-state index contributed by atoms with van der Waals surface area (Å²) in [6.45, 7) is -0.552. The van der Waals surface area contributed by atoms with Gasteiger partial charge in [0.05, 0.1) is 24.0 Å². The second-order valence-corrected chi connectivity index (χ2v) is 7.16. The van der Waals surface area contributed by atoms with Gasteiger partial charge in [-0.1, -0.05) is 18.2 Å². The van der Waals surface area contributed by atoms with E-state index in [0.29, 0.717) is 5.88 Å². The van der Waals surface area contributed by atoms with E-state index in [9.17, 15) is 15.3 Å². The Hall–Kier alpha value is -0.870. The van der Waals surface area contributed by atoms with Gasteiger partial charge in [-0.25, -0.2) is 0 Å². The summed E-state index contributed by atoms with van der Waals surface area (Å²) in [5.74, 6) is 0.445. The first kappa shape index (κ1) is 17.9. The Kier molecular flexibility index (Phi) is 5.08. The molecule has 1 aromatic carbocycles. The molecule has 1 fully saturated rings. The van der Waals surface area contributed by atoms with Crippen molar-refractivity contribution in [3.8, 4) is 5.88 Å². The zero-order valence-electron chi connectivity index (χ0n) is 12.7. The number of benzene rings is 1.